The maximum Gasteiger partial charge on any atom is 0.360 e. The maximum absolute atomic E-state index is 12.1. The van der Waals surface area contributed by atoms with Gasteiger partial charge in [-0.3, -0.25) is 4.79 Å². The largest absolute Gasteiger partial charge is 0.513 e. The van der Waals surface area contributed by atoms with Crippen molar-refractivity contribution in [2.45, 2.75) is 70.0 Å². The van der Waals surface area contributed by atoms with Crippen molar-refractivity contribution in [2.75, 3.05) is 13.2 Å². The van der Waals surface area contributed by atoms with Gasteiger partial charge in [0, 0.05) is 20.4 Å². The van der Waals surface area contributed by atoms with Crippen LogP contribution < -0.4 is 0 Å². The van der Waals surface area contributed by atoms with Crippen molar-refractivity contribution in [3.8, 4) is 0 Å². The summed E-state index contributed by atoms with van der Waals surface area (Å²) in [6.07, 6.45) is 5.50. The Bertz CT molecular complexity index is 940. The van der Waals surface area contributed by atoms with Gasteiger partial charge < -0.3 is 24.4 Å². The topological polar surface area (TPSA) is 115 Å². The molecule has 2 bridgehead atoms. The minimum atomic E-state index is -1.33. The first-order valence-corrected chi connectivity index (χ1v) is 16.0. The van der Waals surface area contributed by atoms with Gasteiger partial charge in [0.2, 0.25) is 0 Å². The number of carbonyl (C=O) groups is 2. The second-order valence-corrected chi connectivity index (χ2v) is 16.1. The number of rotatable bonds is 13. The van der Waals surface area contributed by atoms with Crippen LogP contribution in [0.25, 0.3) is 0 Å². The highest BCUT2D eigenvalue weighted by atomic mass is 28.3. The van der Waals surface area contributed by atoms with Crippen LogP contribution in [0, 0.1) is 11.8 Å². The predicted octanol–water partition coefficient (Wildman–Crippen LogP) is 4.37. The SMILES string of the molecule is C[Si](C)(C)CCOC(=O)C(=CO)N=COCC1C2CCC(O2)C1Cc1ccccc1CCC(=O)O. The van der Waals surface area contributed by atoms with Crippen molar-refractivity contribution in [1.82, 2.24) is 0 Å². The summed E-state index contributed by atoms with van der Waals surface area (Å²) < 4.78 is 17.1. The van der Waals surface area contributed by atoms with E-state index in [1.807, 2.05) is 18.2 Å². The Morgan fingerprint density at radius 1 is 1.14 bits per heavy atom. The van der Waals surface area contributed by atoms with Gasteiger partial charge in [0.05, 0.1) is 25.4 Å². The molecule has 0 amide bonds. The minimum absolute atomic E-state index is 0.106. The molecular weight excluding hydrogens is 466 g/mol. The van der Waals surface area contributed by atoms with Crippen LogP contribution >= 0.6 is 0 Å². The van der Waals surface area contributed by atoms with Crippen LogP contribution in [-0.4, -0.2) is 62.0 Å². The van der Waals surface area contributed by atoms with Gasteiger partial charge in [0.1, 0.15) is 6.26 Å². The van der Waals surface area contributed by atoms with Crippen molar-refractivity contribution in [1.29, 1.82) is 0 Å². The fourth-order valence-corrected chi connectivity index (χ4v) is 5.51. The van der Waals surface area contributed by atoms with Crippen molar-refractivity contribution in [3.05, 3.63) is 47.4 Å². The molecule has 0 aliphatic carbocycles. The third-order valence-electron chi connectivity index (χ3n) is 6.74. The molecule has 1 aromatic rings. The van der Waals surface area contributed by atoms with Gasteiger partial charge in [-0.25, -0.2) is 9.79 Å². The van der Waals surface area contributed by atoms with E-state index in [2.05, 4.69) is 30.7 Å². The normalized spacial score (nSPS) is 24.1. The van der Waals surface area contributed by atoms with Crippen LogP contribution in [0.5, 0.6) is 0 Å². The van der Waals surface area contributed by atoms with Gasteiger partial charge in [-0.2, -0.15) is 0 Å². The predicted molar refractivity (Wildman–Crippen MR) is 135 cm³/mol. The summed E-state index contributed by atoms with van der Waals surface area (Å²) in [5, 5.41) is 18.5. The van der Waals surface area contributed by atoms with Gasteiger partial charge in [-0.15, -0.1) is 0 Å². The zero-order valence-corrected chi connectivity index (χ0v) is 21.8. The summed E-state index contributed by atoms with van der Waals surface area (Å²) in [6, 6.07) is 8.82. The van der Waals surface area contributed by atoms with E-state index < -0.39 is 20.0 Å². The van der Waals surface area contributed by atoms with E-state index in [1.165, 1.54) is 6.40 Å². The van der Waals surface area contributed by atoms with Crippen LogP contribution in [0.4, 0.5) is 0 Å². The minimum Gasteiger partial charge on any atom is -0.513 e. The lowest BCUT2D eigenvalue weighted by molar-refractivity contribution is -0.139. The van der Waals surface area contributed by atoms with E-state index in [9.17, 15) is 14.7 Å². The summed E-state index contributed by atoms with van der Waals surface area (Å²) in [5.41, 5.74) is 2.01. The molecule has 2 saturated heterocycles. The Morgan fingerprint density at radius 3 is 2.49 bits per heavy atom. The molecular formula is C26H37NO7Si. The monoisotopic (exact) mass is 503 g/mol. The van der Waals surface area contributed by atoms with Crippen LogP contribution in [-0.2, 0) is 36.6 Å². The Hall–Kier alpha value is -2.65. The van der Waals surface area contributed by atoms with E-state index in [-0.39, 0.29) is 36.2 Å². The average Bonchev–Trinajstić information content (AvgIpc) is 3.40. The number of carboxylic acids is 1. The molecule has 2 aliphatic heterocycles. The number of aliphatic hydroxyl groups is 1. The van der Waals surface area contributed by atoms with Gasteiger partial charge in [0.15, 0.2) is 12.1 Å². The van der Waals surface area contributed by atoms with Crippen LogP contribution in [0.1, 0.15) is 30.4 Å². The van der Waals surface area contributed by atoms with Gasteiger partial charge in [-0.1, -0.05) is 43.9 Å². The fourth-order valence-electron chi connectivity index (χ4n) is 4.79. The third kappa shape index (κ3) is 7.93. The molecule has 0 spiro atoms. The Labute approximate surface area is 208 Å². The lowest BCUT2D eigenvalue weighted by Crippen LogP contribution is -2.32. The highest BCUT2D eigenvalue weighted by Gasteiger charge is 2.49. The number of ether oxygens (including phenoxy) is 3. The van der Waals surface area contributed by atoms with Crippen LogP contribution in [0.3, 0.4) is 0 Å². The number of fused-ring (bicyclic) bond motifs is 2. The molecule has 0 saturated carbocycles. The Balaban J connectivity index is 1.55. The first kappa shape index (κ1) is 26.9. The smallest absolute Gasteiger partial charge is 0.360 e. The van der Waals surface area contributed by atoms with E-state index in [0.29, 0.717) is 25.9 Å². The maximum atomic E-state index is 12.1. The molecule has 35 heavy (non-hydrogen) atoms. The van der Waals surface area contributed by atoms with Crippen molar-refractivity contribution >= 4 is 26.4 Å². The number of hydrogen-bond donors (Lipinski definition) is 2. The number of benzene rings is 1. The van der Waals surface area contributed by atoms with E-state index in [4.69, 9.17) is 19.3 Å². The molecule has 2 aliphatic rings. The summed E-state index contributed by atoms with van der Waals surface area (Å²) in [6.45, 7) is 7.27. The van der Waals surface area contributed by atoms with Crippen LogP contribution in [0.2, 0.25) is 25.7 Å². The molecule has 9 heteroatoms. The first-order valence-electron chi connectivity index (χ1n) is 12.3. The molecule has 0 radical (unpaired) electrons. The zero-order chi connectivity index (χ0) is 25.4. The number of carboxylic acid groups (broad SMARTS) is 1. The second kappa shape index (κ2) is 12.4. The van der Waals surface area contributed by atoms with Crippen molar-refractivity contribution in [3.63, 3.8) is 0 Å². The number of carbonyl (C=O) groups excluding carboxylic acids is 1. The zero-order valence-electron chi connectivity index (χ0n) is 20.8. The molecule has 0 aromatic heterocycles. The quantitative estimate of drug-likeness (QED) is 0.103. The summed E-state index contributed by atoms with van der Waals surface area (Å²) in [5.74, 6) is -1.06. The summed E-state index contributed by atoms with van der Waals surface area (Å²) >= 11 is 0. The number of hydrogen-bond acceptors (Lipinski definition) is 7. The number of aliphatic hydroxyl groups excluding tert-OH is 1. The van der Waals surface area contributed by atoms with Gasteiger partial charge >= 0.3 is 11.9 Å². The number of esters is 1. The Kier molecular flexibility index (Phi) is 9.51. The number of nitrogens with zero attached hydrogens (tertiary/aromatic N) is 1. The van der Waals surface area contributed by atoms with Crippen LogP contribution in [0.15, 0.2) is 41.2 Å². The molecule has 4 atom stereocenters. The summed E-state index contributed by atoms with van der Waals surface area (Å²) in [4.78, 5) is 27.1. The molecule has 1 aromatic carbocycles. The molecule has 2 heterocycles. The van der Waals surface area contributed by atoms with E-state index >= 15 is 0 Å². The van der Waals surface area contributed by atoms with E-state index in [0.717, 1.165) is 36.4 Å². The number of aliphatic imine (C=N–C) groups is 1. The number of aliphatic carboxylic acids is 1. The Morgan fingerprint density at radius 2 is 1.83 bits per heavy atom. The van der Waals surface area contributed by atoms with Crippen molar-refractivity contribution < 1.29 is 34.0 Å². The lowest BCUT2D eigenvalue weighted by Gasteiger charge is -2.28. The molecule has 8 nitrogen and oxygen atoms in total. The van der Waals surface area contributed by atoms with E-state index in [1.54, 1.807) is 0 Å². The van der Waals surface area contributed by atoms with Gasteiger partial charge in [-0.05, 0) is 48.8 Å². The molecule has 2 fully saturated rings. The molecule has 2 N–H and O–H groups in total. The molecule has 3 rings (SSSR count). The highest BCUT2D eigenvalue weighted by Crippen LogP contribution is 2.45. The molecule has 4 unspecified atom stereocenters. The number of aryl methyl sites for hydroxylation is 1. The highest BCUT2D eigenvalue weighted by molar-refractivity contribution is 6.76. The fraction of sp³-hybridized carbons (Fsp3) is 0.577. The molecule has 192 valence electrons. The standard InChI is InChI=1S/C26H37NO7Si/c1-35(2,3)13-12-33-26(31)22(15-28)27-17-32-16-21-20(23-9-10-24(21)34-23)14-19-7-5-4-6-18(19)8-11-25(29)30/h4-7,15,17,20-21,23-24,28H,8-14,16H2,1-3H3,(H,29,30). The lowest BCUT2D eigenvalue weighted by atomic mass is 9.76. The van der Waals surface area contributed by atoms with Gasteiger partial charge in [0.25, 0.3) is 0 Å². The summed E-state index contributed by atoms with van der Waals surface area (Å²) in [7, 11) is -1.33. The third-order valence-corrected chi connectivity index (χ3v) is 8.45. The second-order valence-electron chi connectivity index (χ2n) is 10.5. The van der Waals surface area contributed by atoms with Crippen molar-refractivity contribution in [2.24, 2.45) is 16.8 Å². The average molecular weight is 504 g/mol. The first-order chi connectivity index (χ1) is 16.7.